The summed E-state index contributed by atoms with van der Waals surface area (Å²) in [6.45, 7) is 0. The molecule has 0 aliphatic carbocycles. The predicted octanol–water partition coefficient (Wildman–Crippen LogP) is -7.26. The van der Waals surface area contributed by atoms with Crippen molar-refractivity contribution in [1.82, 2.24) is 0 Å². The summed E-state index contributed by atoms with van der Waals surface area (Å²) < 4.78 is 51.3. The summed E-state index contributed by atoms with van der Waals surface area (Å²) in [5, 5.41) is 0. The third-order valence-corrected chi connectivity index (χ3v) is 0. The Kier molecular flexibility index (Phi) is 28.0. The fourth-order valence-corrected chi connectivity index (χ4v) is 0. The summed E-state index contributed by atoms with van der Waals surface area (Å²) in [4.78, 5) is 7.01. The molecule has 0 amide bonds. The Morgan fingerprint density at radius 3 is 1.09 bits per heavy atom. The first kappa shape index (κ1) is 23.7. The van der Waals surface area contributed by atoms with Crippen LogP contribution in [0.4, 0.5) is 0 Å². The third kappa shape index (κ3) is 175. The zero-order valence-electron chi connectivity index (χ0n) is 5.75. The van der Waals surface area contributed by atoms with Crippen molar-refractivity contribution in [1.29, 1.82) is 0 Å². The summed E-state index contributed by atoms with van der Waals surface area (Å²) >= 11 is 0. The van der Waals surface area contributed by atoms with Crippen molar-refractivity contribution in [3.63, 3.8) is 0 Å². The van der Waals surface area contributed by atoms with E-state index < -0.39 is 18.3 Å². The van der Waals surface area contributed by atoms with Gasteiger partial charge in [0.15, 0.2) is 0 Å². The molecule has 0 rings (SSSR count). The molecule has 0 fully saturated rings. The number of hydrogen-bond acceptors (Lipinski definition) is 6. The first-order chi connectivity index (χ1) is 3.73. The predicted molar refractivity (Wildman–Crippen MR) is 21.0 cm³/mol. The van der Waals surface area contributed by atoms with Gasteiger partial charge in [0.1, 0.15) is 0 Å². The Morgan fingerprint density at radius 1 is 1.09 bits per heavy atom. The van der Waals surface area contributed by atoms with Crippen molar-refractivity contribution in [2.24, 2.45) is 0 Å². The molecule has 11 heteroatoms. The van der Waals surface area contributed by atoms with Gasteiger partial charge in [-0.2, -0.15) is 0 Å². The zero-order valence-corrected chi connectivity index (χ0v) is 13.7. The maximum Gasteiger partial charge on any atom is 1.00 e. The summed E-state index contributed by atoms with van der Waals surface area (Å²) in [6.07, 6.45) is 0. The van der Waals surface area contributed by atoms with E-state index in [1.807, 2.05) is 0 Å². The Bertz CT molecular complexity index is 197. The van der Waals surface area contributed by atoms with Crippen molar-refractivity contribution < 1.29 is 134 Å². The van der Waals surface area contributed by atoms with Gasteiger partial charge in [-0.05, 0) is 0 Å². The van der Waals surface area contributed by atoms with Crippen LogP contribution in [0.3, 0.4) is 0 Å². The maximum absolute atomic E-state index is 8.59. The van der Waals surface area contributed by atoms with Crippen LogP contribution in [-0.2, 0) is 19.5 Å². The van der Waals surface area contributed by atoms with E-state index in [1.54, 1.807) is 0 Å². The Hall–Kier alpha value is 3.00. The molecule has 1 N–H and O–H groups in total. The van der Waals surface area contributed by atoms with Crippen LogP contribution in [0, 0.1) is 0 Å². The van der Waals surface area contributed by atoms with Crippen LogP contribution in [-0.4, -0.2) is 22.4 Å². The van der Waals surface area contributed by atoms with Gasteiger partial charge in [-0.3, -0.25) is 13.3 Å². The molecule has 0 radical (unpaired) electrons. The van der Waals surface area contributed by atoms with Crippen LogP contribution in [0.15, 0.2) is 0 Å². The van der Waals surface area contributed by atoms with Gasteiger partial charge in [-0.1, -0.05) is 0 Å². The minimum atomic E-state index is -5.17. The average Bonchev–Trinajstić information content (AvgIpc) is 1.19. The van der Waals surface area contributed by atoms with E-state index in [0.29, 0.717) is 0 Å². The summed E-state index contributed by atoms with van der Waals surface area (Å²) in [5.41, 5.74) is 0. The molecular formula is HK2O7PS. The van der Waals surface area contributed by atoms with E-state index in [1.165, 1.54) is 0 Å². The second kappa shape index (κ2) is 13.0. The maximum atomic E-state index is 8.59. The van der Waals surface area contributed by atoms with Crippen LogP contribution in [0.1, 0.15) is 0 Å². The minimum absolute atomic E-state index is 0. The van der Waals surface area contributed by atoms with Crippen molar-refractivity contribution in [3.05, 3.63) is 0 Å². The molecule has 56 valence electrons. The standard InChI is InChI=1S/2K.H2O4S.HO3P/c;;1-5(2,3)4;1-4(2)3/h;;(H2,1,2,3,4);(H,1,2,3)/q2*+1;;/p-2. The van der Waals surface area contributed by atoms with E-state index in [2.05, 4.69) is 0 Å². The molecule has 0 heterocycles. The van der Waals surface area contributed by atoms with Gasteiger partial charge in [-0.25, -0.2) is 9.13 Å². The normalized spacial score (nSPS) is 7.55. The molecule has 11 heavy (non-hydrogen) atoms. The molecule has 0 aromatic rings. The molecule has 0 atom stereocenters. The van der Waals surface area contributed by atoms with Gasteiger partial charge in [0.25, 0.3) is 0 Å². The van der Waals surface area contributed by atoms with Gasteiger partial charge in [0.2, 0.25) is 0 Å². The van der Waals surface area contributed by atoms with Crippen LogP contribution in [0.25, 0.3) is 0 Å². The Morgan fingerprint density at radius 2 is 1.09 bits per heavy atom. The van der Waals surface area contributed by atoms with Crippen LogP contribution >= 0.6 is 7.91 Å². The summed E-state index contributed by atoms with van der Waals surface area (Å²) in [6, 6.07) is 0. The largest absolute Gasteiger partial charge is 1.00 e. The third-order valence-electron chi connectivity index (χ3n) is 0. The summed E-state index contributed by atoms with van der Waals surface area (Å²) in [7, 11) is -8.29. The van der Waals surface area contributed by atoms with E-state index in [-0.39, 0.29) is 103 Å². The monoisotopic (exact) mass is 254 g/mol. The Balaban J connectivity index is -0.0000000383. The molecule has 0 unspecified atom stereocenters. The molecule has 0 aliphatic heterocycles. The fraction of sp³-hybridized carbons (Fsp3) is 0. The molecule has 0 aromatic carbocycles. The quantitative estimate of drug-likeness (QED) is 0.196. The first-order valence-electron chi connectivity index (χ1n) is 1.23. The topological polar surface area (TPSA) is 135 Å². The average molecular weight is 254 g/mol. The van der Waals surface area contributed by atoms with E-state index in [9.17, 15) is 0 Å². The fourth-order valence-electron chi connectivity index (χ4n) is 0. The van der Waals surface area contributed by atoms with Gasteiger partial charge in [0.05, 0.1) is 0 Å². The van der Waals surface area contributed by atoms with Crippen LogP contribution in [0.2, 0.25) is 0 Å². The second-order valence-electron chi connectivity index (χ2n) is 0.646. The van der Waals surface area contributed by atoms with E-state index >= 15 is 0 Å². The number of rotatable bonds is 0. The van der Waals surface area contributed by atoms with Crippen LogP contribution in [0.5, 0.6) is 0 Å². The molecule has 0 spiro atoms. The smallest absolute Gasteiger partial charge is 0.759 e. The zero-order chi connectivity index (χ0) is 8.08. The van der Waals surface area contributed by atoms with Crippen molar-refractivity contribution in [2.75, 3.05) is 0 Å². The minimum Gasteiger partial charge on any atom is -0.759 e. The first-order valence-corrected chi connectivity index (χ1v) is 3.70. The van der Waals surface area contributed by atoms with Gasteiger partial charge in [0, 0.05) is 10.4 Å². The van der Waals surface area contributed by atoms with Crippen molar-refractivity contribution in [2.45, 2.75) is 0 Å². The van der Waals surface area contributed by atoms with Crippen molar-refractivity contribution in [3.8, 4) is 0 Å². The van der Waals surface area contributed by atoms with Gasteiger partial charge >= 0.3 is 111 Å². The molecule has 0 aliphatic rings. The molecular weight excluding hydrogens is 253 g/mol. The van der Waals surface area contributed by atoms with Crippen LogP contribution < -0.4 is 103 Å². The molecule has 0 saturated heterocycles. The molecule has 7 nitrogen and oxygen atoms in total. The summed E-state index contributed by atoms with van der Waals surface area (Å²) in [5.74, 6) is 0. The van der Waals surface area contributed by atoms with Crippen molar-refractivity contribution >= 4 is 18.3 Å². The van der Waals surface area contributed by atoms with Gasteiger partial charge < -0.3 is 9.11 Å². The number of hydrogen-bond donors (Lipinski definition) is 1. The van der Waals surface area contributed by atoms with E-state index in [4.69, 9.17) is 31.5 Å². The molecule has 0 saturated carbocycles. The Labute approximate surface area is 149 Å². The SMILES string of the molecule is O=P(=O)O.O=S(=O)([O-])[O-].[K+].[K+]. The molecule has 0 bridgehead atoms. The second-order valence-corrected chi connectivity index (χ2v) is 1.94. The van der Waals surface area contributed by atoms with E-state index in [0.717, 1.165) is 0 Å². The van der Waals surface area contributed by atoms with Gasteiger partial charge in [-0.15, -0.1) is 0 Å². The molecule has 0 aromatic heterocycles.